The summed E-state index contributed by atoms with van der Waals surface area (Å²) in [6.07, 6.45) is 5.23. The molecule has 0 spiro atoms. The molecule has 0 aliphatic rings. The van der Waals surface area contributed by atoms with Crippen LogP contribution in [0.25, 0.3) is 0 Å². The summed E-state index contributed by atoms with van der Waals surface area (Å²) in [6.45, 7) is 8.74. The molecule has 0 saturated carbocycles. The van der Waals surface area contributed by atoms with E-state index in [-0.39, 0.29) is 5.91 Å². The first kappa shape index (κ1) is 12.5. The Bertz CT molecular complexity index is 134. The van der Waals surface area contributed by atoms with Crippen LogP contribution in [0.15, 0.2) is 0 Å². The second-order valence-corrected chi connectivity index (χ2v) is 3.47. The lowest BCUT2D eigenvalue weighted by Crippen LogP contribution is -2.28. The van der Waals surface area contributed by atoms with Crippen LogP contribution in [-0.4, -0.2) is 12.5 Å². The molecule has 0 aromatic rings. The van der Waals surface area contributed by atoms with E-state index in [0.29, 0.717) is 12.3 Å². The minimum Gasteiger partial charge on any atom is -0.356 e. The van der Waals surface area contributed by atoms with Crippen molar-refractivity contribution in [2.45, 2.75) is 46.0 Å². The zero-order valence-electron chi connectivity index (χ0n) is 8.94. The number of amides is 1. The van der Waals surface area contributed by atoms with E-state index in [0.717, 1.165) is 13.0 Å². The number of nitrogens with one attached hydrogen (secondary N) is 1. The summed E-state index contributed by atoms with van der Waals surface area (Å²) in [5, 5.41) is 2.89. The molecule has 0 aromatic heterocycles. The van der Waals surface area contributed by atoms with Gasteiger partial charge in [-0.15, -0.1) is 0 Å². The van der Waals surface area contributed by atoms with Gasteiger partial charge in [-0.05, 0) is 19.3 Å². The molecule has 1 atom stereocenters. The summed E-state index contributed by atoms with van der Waals surface area (Å²) in [7, 11) is 0. The maximum atomic E-state index is 10.9. The molecule has 0 aliphatic heterocycles. The standard InChI is InChI=1S/C11H22NO/c1-4-7-8-10(5-2)9-12-11(13)6-3/h10H,3-9H2,1-2H3,(H,12,13). The molecular weight excluding hydrogens is 162 g/mol. The molecular formula is C11H22NO. The fourth-order valence-corrected chi connectivity index (χ4v) is 1.29. The maximum absolute atomic E-state index is 10.9. The second kappa shape index (κ2) is 8.09. The molecule has 1 radical (unpaired) electrons. The predicted octanol–water partition coefficient (Wildman–Crippen LogP) is 2.54. The number of hydrogen-bond donors (Lipinski definition) is 1. The van der Waals surface area contributed by atoms with Gasteiger partial charge in [-0.2, -0.15) is 0 Å². The first-order valence-electron chi connectivity index (χ1n) is 5.30. The Labute approximate surface area is 82.1 Å². The molecule has 0 fully saturated rings. The second-order valence-electron chi connectivity index (χ2n) is 3.47. The fourth-order valence-electron chi connectivity index (χ4n) is 1.29. The highest BCUT2D eigenvalue weighted by molar-refractivity contribution is 5.76. The van der Waals surface area contributed by atoms with E-state index in [2.05, 4.69) is 26.1 Å². The van der Waals surface area contributed by atoms with Crippen LogP contribution in [0.2, 0.25) is 0 Å². The minimum atomic E-state index is 0.0648. The van der Waals surface area contributed by atoms with Crippen molar-refractivity contribution in [2.24, 2.45) is 5.92 Å². The van der Waals surface area contributed by atoms with Crippen molar-refractivity contribution in [3.8, 4) is 0 Å². The van der Waals surface area contributed by atoms with E-state index in [1.54, 1.807) is 0 Å². The highest BCUT2D eigenvalue weighted by Crippen LogP contribution is 2.10. The van der Waals surface area contributed by atoms with Gasteiger partial charge in [-0.3, -0.25) is 4.79 Å². The van der Waals surface area contributed by atoms with Gasteiger partial charge < -0.3 is 5.32 Å². The number of carbonyl (C=O) groups excluding carboxylic acids is 1. The van der Waals surface area contributed by atoms with Crippen LogP contribution in [0.4, 0.5) is 0 Å². The first-order valence-corrected chi connectivity index (χ1v) is 5.30. The van der Waals surface area contributed by atoms with Crippen molar-refractivity contribution >= 4 is 5.91 Å². The molecule has 2 nitrogen and oxygen atoms in total. The molecule has 0 rings (SSSR count). The molecule has 13 heavy (non-hydrogen) atoms. The Hall–Kier alpha value is -0.530. The predicted molar refractivity (Wildman–Crippen MR) is 56.3 cm³/mol. The zero-order valence-corrected chi connectivity index (χ0v) is 8.94. The topological polar surface area (TPSA) is 29.1 Å². The van der Waals surface area contributed by atoms with Crippen molar-refractivity contribution in [1.29, 1.82) is 0 Å². The summed E-state index contributed by atoms with van der Waals surface area (Å²) >= 11 is 0. The van der Waals surface area contributed by atoms with Gasteiger partial charge >= 0.3 is 0 Å². The van der Waals surface area contributed by atoms with Gasteiger partial charge in [0.2, 0.25) is 5.91 Å². The summed E-state index contributed by atoms with van der Waals surface area (Å²) in [5.41, 5.74) is 0. The Kier molecular flexibility index (Phi) is 7.76. The van der Waals surface area contributed by atoms with Crippen LogP contribution in [0.3, 0.4) is 0 Å². The number of carbonyl (C=O) groups is 1. The lowest BCUT2D eigenvalue weighted by molar-refractivity contribution is -0.120. The van der Waals surface area contributed by atoms with E-state index < -0.39 is 0 Å². The highest BCUT2D eigenvalue weighted by Gasteiger charge is 2.06. The summed E-state index contributed by atoms with van der Waals surface area (Å²) in [4.78, 5) is 10.9. The third kappa shape index (κ3) is 6.62. The Balaban J connectivity index is 3.52. The Morgan fingerprint density at radius 3 is 2.62 bits per heavy atom. The van der Waals surface area contributed by atoms with Crippen molar-refractivity contribution in [1.82, 2.24) is 5.32 Å². The molecule has 1 amide bonds. The van der Waals surface area contributed by atoms with Crippen LogP contribution in [0.1, 0.15) is 46.0 Å². The number of hydrogen-bond acceptors (Lipinski definition) is 1. The maximum Gasteiger partial charge on any atom is 0.220 e. The molecule has 0 bridgehead atoms. The molecule has 0 saturated heterocycles. The lowest BCUT2D eigenvalue weighted by atomic mass is 9.99. The van der Waals surface area contributed by atoms with Crippen molar-refractivity contribution in [2.75, 3.05) is 6.54 Å². The van der Waals surface area contributed by atoms with E-state index in [9.17, 15) is 4.79 Å². The van der Waals surface area contributed by atoms with Crippen LogP contribution in [0, 0.1) is 12.8 Å². The van der Waals surface area contributed by atoms with Gasteiger partial charge in [-0.1, -0.05) is 33.1 Å². The van der Waals surface area contributed by atoms with Crippen molar-refractivity contribution < 1.29 is 4.79 Å². The van der Waals surface area contributed by atoms with Crippen LogP contribution >= 0.6 is 0 Å². The van der Waals surface area contributed by atoms with Crippen LogP contribution in [-0.2, 0) is 4.79 Å². The van der Waals surface area contributed by atoms with Crippen LogP contribution in [0.5, 0.6) is 0 Å². The first-order chi connectivity index (χ1) is 6.24. The largest absolute Gasteiger partial charge is 0.356 e. The van der Waals surface area contributed by atoms with E-state index in [1.807, 2.05) is 0 Å². The Morgan fingerprint density at radius 2 is 2.15 bits per heavy atom. The fraction of sp³-hybridized carbons (Fsp3) is 0.818. The monoisotopic (exact) mass is 184 g/mol. The molecule has 77 valence electrons. The van der Waals surface area contributed by atoms with Crippen molar-refractivity contribution in [3.63, 3.8) is 0 Å². The Morgan fingerprint density at radius 1 is 1.46 bits per heavy atom. The van der Waals surface area contributed by atoms with Gasteiger partial charge in [0, 0.05) is 13.0 Å². The highest BCUT2D eigenvalue weighted by atomic mass is 16.1. The quantitative estimate of drug-likeness (QED) is 0.647. The van der Waals surface area contributed by atoms with Crippen LogP contribution < -0.4 is 5.32 Å². The zero-order chi connectivity index (χ0) is 10.1. The van der Waals surface area contributed by atoms with Gasteiger partial charge in [0.15, 0.2) is 0 Å². The van der Waals surface area contributed by atoms with E-state index in [1.165, 1.54) is 19.3 Å². The number of unbranched alkanes of at least 4 members (excludes halogenated alkanes) is 1. The lowest BCUT2D eigenvalue weighted by Gasteiger charge is -2.14. The minimum absolute atomic E-state index is 0.0648. The van der Waals surface area contributed by atoms with Crippen molar-refractivity contribution in [3.05, 3.63) is 6.92 Å². The average molecular weight is 184 g/mol. The third-order valence-corrected chi connectivity index (χ3v) is 2.36. The number of rotatable bonds is 7. The summed E-state index contributed by atoms with van der Waals surface area (Å²) < 4.78 is 0. The summed E-state index contributed by atoms with van der Waals surface area (Å²) in [6, 6.07) is 0. The van der Waals surface area contributed by atoms with E-state index >= 15 is 0 Å². The molecule has 0 aromatic carbocycles. The molecule has 2 heteroatoms. The normalized spacial score (nSPS) is 12.5. The average Bonchev–Trinajstić information content (AvgIpc) is 2.17. The summed E-state index contributed by atoms with van der Waals surface area (Å²) in [5.74, 6) is 0.713. The van der Waals surface area contributed by atoms with Gasteiger partial charge in [0.1, 0.15) is 0 Å². The van der Waals surface area contributed by atoms with Gasteiger partial charge in [0.25, 0.3) is 0 Å². The molecule has 0 aliphatic carbocycles. The molecule has 1 N–H and O–H groups in total. The molecule has 1 unspecified atom stereocenters. The smallest absolute Gasteiger partial charge is 0.220 e. The SMILES string of the molecule is [CH2]CC(=O)NCC(CC)CCCC. The van der Waals surface area contributed by atoms with Gasteiger partial charge in [-0.25, -0.2) is 0 Å². The van der Waals surface area contributed by atoms with Gasteiger partial charge in [0.05, 0.1) is 0 Å². The third-order valence-electron chi connectivity index (χ3n) is 2.36. The molecule has 0 heterocycles. The van der Waals surface area contributed by atoms with E-state index in [4.69, 9.17) is 0 Å².